The summed E-state index contributed by atoms with van der Waals surface area (Å²) in [5.41, 5.74) is 3.48. The first-order valence-corrected chi connectivity index (χ1v) is 9.52. The summed E-state index contributed by atoms with van der Waals surface area (Å²) in [6, 6.07) is 17.1. The number of rotatable bonds is 7. The fraction of sp³-hybridized carbons (Fsp3) is 0.273. The third kappa shape index (κ3) is 5.07. The fourth-order valence-electron chi connectivity index (χ4n) is 2.85. The number of hydrogen-bond donors (Lipinski definition) is 1. The van der Waals surface area contributed by atoms with Crippen molar-refractivity contribution < 1.29 is 14.3 Å². The van der Waals surface area contributed by atoms with Gasteiger partial charge in [0, 0.05) is 0 Å². The Bertz CT molecular complexity index is 981. The first-order valence-electron chi connectivity index (χ1n) is 9.52. The number of amides is 1. The second-order valence-electron chi connectivity index (χ2n) is 6.72. The van der Waals surface area contributed by atoms with Gasteiger partial charge in [-0.15, -0.1) is 5.10 Å². The summed E-state index contributed by atoms with van der Waals surface area (Å²) < 4.78 is 5.13. The SMILES string of the molecule is CCc1ccc([C@@H](C)NC(=O)COC(=O)c2nn(-c3ccccc3)nc2C)cc1. The second kappa shape index (κ2) is 9.14. The number of aromatic nitrogens is 3. The third-order valence-corrected chi connectivity index (χ3v) is 4.56. The van der Waals surface area contributed by atoms with Gasteiger partial charge in [-0.3, -0.25) is 4.79 Å². The molecule has 0 unspecified atom stereocenters. The van der Waals surface area contributed by atoms with Crippen LogP contribution in [0.4, 0.5) is 0 Å². The van der Waals surface area contributed by atoms with Gasteiger partial charge in [0.1, 0.15) is 0 Å². The molecule has 1 N–H and O–H groups in total. The maximum Gasteiger partial charge on any atom is 0.361 e. The predicted octanol–water partition coefficient (Wildman–Crippen LogP) is 3.17. The standard InChI is InChI=1S/C22H24N4O3/c1-4-17-10-12-18(13-11-17)15(2)23-20(27)14-29-22(28)21-16(3)24-26(25-21)19-8-6-5-7-9-19/h5-13,15H,4,14H2,1-3H3,(H,23,27)/t15-/m1/s1. The number of benzene rings is 2. The molecule has 3 rings (SSSR count). The van der Waals surface area contributed by atoms with Gasteiger partial charge in [-0.2, -0.15) is 9.90 Å². The Hall–Kier alpha value is -3.48. The molecule has 1 atom stereocenters. The summed E-state index contributed by atoms with van der Waals surface area (Å²) in [5, 5.41) is 11.2. The quantitative estimate of drug-likeness (QED) is 0.624. The number of carbonyl (C=O) groups is 2. The number of aryl methyl sites for hydroxylation is 2. The number of carbonyl (C=O) groups excluding carboxylic acids is 2. The predicted molar refractivity (Wildman–Crippen MR) is 109 cm³/mol. The van der Waals surface area contributed by atoms with E-state index < -0.39 is 5.97 Å². The zero-order chi connectivity index (χ0) is 20.8. The van der Waals surface area contributed by atoms with E-state index in [2.05, 4.69) is 22.4 Å². The topological polar surface area (TPSA) is 86.1 Å². The fourth-order valence-corrected chi connectivity index (χ4v) is 2.85. The molecular formula is C22H24N4O3. The monoisotopic (exact) mass is 392 g/mol. The molecule has 7 heteroatoms. The van der Waals surface area contributed by atoms with Crippen molar-refractivity contribution in [3.05, 3.63) is 77.1 Å². The van der Waals surface area contributed by atoms with Crippen LogP contribution in [0.25, 0.3) is 5.69 Å². The molecule has 0 radical (unpaired) electrons. The van der Waals surface area contributed by atoms with E-state index in [0.29, 0.717) is 5.69 Å². The van der Waals surface area contributed by atoms with Crippen molar-refractivity contribution in [2.75, 3.05) is 6.61 Å². The molecule has 0 aliphatic rings. The zero-order valence-electron chi connectivity index (χ0n) is 16.8. The van der Waals surface area contributed by atoms with Crippen LogP contribution in [0.3, 0.4) is 0 Å². The lowest BCUT2D eigenvalue weighted by Crippen LogP contribution is -2.31. The van der Waals surface area contributed by atoms with Gasteiger partial charge in [0.15, 0.2) is 12.3 Å². The molecule has 1 heterocycles. The van der Waals surface area contributed by atoms with Gasteiger partial charge in [0.05, 0.1) is 17.4 Å². The Balaban J connectivity index is 1.56. The molecule has 150 valence electrons. The van der Waals surface area contributed by atoms with Crippen molar-refractivity contribution >= 4 is 11.9 Å². The summed E-state index contributed by atoms with van der Waals surface area (Å²) in [7, 11) is 0. The average molecular weight is 392 g/mol. The number of nitrogens with one attached hydrogen (secondary N) is 1. The van der Waals surface area contributed by atoms with E-state index in [1.54, 1.807) is 6.92 Å². The van der Waals surface area contributed by atoms with Gasteiger partial charge in [0.2, 0.25) is 0 Å². The molecule has 0 saturated heterocycles. The molecule has 0 spiro atoms. The van der Waals surface area contributed by atoms with E-state index in [-0.39, 0.29) is 24.2 Å². The van der Waals surface area contributed by atoms with Crippen LogP contribution in [0.2, 0.25) is 0 Å². The molecule has 29 heavy (non-hydrogen) atoms. The summed E-state index contributed by atoms with van der Waals surface area (Å²) in [5.74, 6) is -1.06. The Morgan fingerprint density at radius 1 is 1.07 bits per heavy atom. The van der Waals surface area contributed by atoms with E-state index in [1.807, 2.05) is 61.5 Å². The van der Waals surface area contributed by atoms with Crippen LogP contribution in [0.5, 0.6) is 0 Å². The van der Waals surface area contributed by atoms with Crippen molar-refractivity contribution in [1.29, 1.82) is 0 Å². The van der Waals surface area contributed by atoms with E-state index in [0.717, 1.165) is 17.7 Å². The molecule has 0 saturated carbocycles. The first-order chi connectivity index (χ1) is 14.0. The van der Waals surface area contributed by atoms with Crippen LogP contribution in [0.15, 0.2) is 54.6 Å². The Morgan fingerprint density at radius 3 is 2.41 bits per heavy atom. The van der Waals surface area contributed by atoms with Crippen LogP contribution in [0.1, 0.15) is 47.2 Å². The largest absolute Gasteiger partial charge is 0.451 e. The van der Waals surface area contributed by atoms with Crippen molar-refractivity contribution in [2.45, 2.75) is 33.2 Å². The van der Waals surface area contributed by atoms with Crippen LogP contribution < -0.4 is 5.32 Å². The molecule has 0 fully saturated rings. The number of esters is 1. The number of hydrogen-bond acceptors (Lipinski definition) is 5. The normalized spacial score (nSPS) is 11.7. The maximum atomic E-state index is 12.3. The zero-order valence-corrected chi connectivity index (χ0v) is 16.8. The van der Waals surface area contributed by atoms with Crippen LogP contribution in [0, 0.1) is 6.92 Å². The molecule has 2 aromatic carbocycles. The lowest BCUT2D eigenvalue weighted by atomic mass is 10.1. The van der Waals surface area contributed by atoms with Gasteiger partial charge < -0.3 is 10.1 Å². The molecule has 3 aromatic rings. The van der Waals surface area contributed by atoms with Crippen molar-refractivity contribution in [1.82, 2.24) is 20.3 Å². The average Bonchev–Trinajstić information content (AvgIpc) is 3.14. The van der Waals surface area contributed by atoms with Crippen molar-refractivity contribution in [2.24, 2.45) is 0 Å². The van der Waals surface area contributed by atoms with Gasteiger partial charge in [0.25, 0.3) is 5.91 Å². The molecule has 1 amide bonds. The summed E-state index contributed by atoms with van der Waals surface area (Å²) >= 11 is 0. The molecule has 0 aliphatic carbocycles. The maximum absolute atomic E-state index is 12.3. The summed E-state index contributed by atoms with van der Waals surface area (Å²) in [4.78, 5) is 25.9. The van der Waals surface area contributed by atoms with Crippen LogP contribution in [-0.2, 0) is 16.0 Å². The third-order valence-electron chi connectivity index (χ3n) is 4.56. The lowest BCUT2D eigenvalue weighted by Gasteiger charge is -2.14. The van der Waals surface area contributed by atoms with E-state index in [1.165, 1.54) is 10.4 Å². The first kappa shape index (κ1) is 20.3. The number of ether oxygens (including phenoxy) is 1. The van der Waals surface area contributed by atoms with E-state index in [4.69, 9.17) is 4.74 Å². The number of nitrogens with zero attached hydrogens (tertiary/aromatic N) is 3. The van der Waals surface area contributed by atoms with Gasteiger partial charge in [-0.25, -0.2) is 4.79 Å². The summed E-state index contributed by atoms with van der Waals surface area (Å²) in [6.07, 6.45) is 0.964. The second-order valence-corrected chi connectivity index (χ2v) is 6.72. The van der Waals surface area contributed by atoms with Crippen LogP contribution >= 0.6 is 0 Å². The Labute approximate surface area is 169 Å². The van der Waals surface area contributed by atoms with Gasteiger partial charge >= 0.3 is 5.97 Å². The number of para-hydroxylation sites is 1. The molecule has 0 bridgehead atoms. The molecule has 0 aliphatic heterocycles. The van der Waals surface area contributed by atoms with E-state index in [9.17, 15) is 9.59 Å². The molecule has 1 aromatic heterocycles. The minimum atomic E-state index is -0.681. The lowest BCUT2D eigenvalue weighted by molar-refractivity contribution is -0.124. The van der Waals surface area contributed by atoms with Crippen molar-refractivity contribution in [3.8, 4) is 5.69 Å². The highest BCUT2D eigenvalue weighted by Gasteiger charge is 2.19. The van der Waals surface area contributed by atoms with E-state index >= 15 is 0 Å². The van der Waals surface area contributed by atoms with Gasteiger partial charge in [-0.1, -0.05) is 49.4 Å². The summed E-state index contributed by atoms with van der Waals surface area (Å²) in [6.45, 7) is 5.27. The Morgan fingerprint density at radius 2 is 1.76 bits per heavy atom. The molecule has 7 nitrogen and oxygen atoms in total. The van der Waals surface area contributed by atoms with Crippen molar-refractivity contribution in [3.63, 3.8) is 0 Å². The minimum Gasteiger partial charge on any atom is -0.451 e. The minimum absolute atomic E-state index is 0.0878. The highest BCUT2D eigenvalue weighted by atomic mass is 16.5. The molecular weight excluding hydrogens is 368 g/mol. The highest BCUT2D eigenvalue weighted by molar-refractivity contribution is 5.90. The van der Waals surface area contributed by atoms with Gasteiger partial charge in [-0.05, 0) is 43.5 Å². The highest BCUT2D eigenvalue weighted by Crippen LogP contribution is 2.14. The smallest absolute Gasteiger partial charge is 0.361 e. The van der Waals surface area contributed by atoms with Crippen LogP contribution in [-0.4, -0.2) is 33.5 Å². The Kier molecular flexibility index (Phi) is 6.39.